The summed E-state index contributed by atoms with van der Waals surface area (Å²) in [7, 11) is -2.02. The quantitative estimate of drug-likeness (QED) is 0.715. The summed E-state index contributed by atoms with van der Waals surface area (Å²) in [6.07, 6.45) is 3.53. The van der Waals surface area contributed by atoms with E-state index in [1.165, 1.54) is 8.61 Å². The summed E-state index contributed by atoms with van der Waals surface area (Å²) in [5.74, 6) is 0. The van der Waals surface area contributed by atoms with E-state index in [-0.39, 0.29) is 6.54 Å². The van der Waals surface area contributed by atoms with Crippen molar-refractivity contribution in [2.24, 2.45) is 0 Å². The Morgan fingerprint density at radius 2 is 1.83 bits per heavy atom. The van der Waals surface area contributed by atoms with Crippen LogP contribution in [0, 0.1) is 0 Å². The predicted octanol–water partition coefficient (Wildman–Crippen LogP) is 2.69. The van der Waals surface area contributed by atoms with Gasteiger partial charge < -0.3 is 4.40 Å². The monoisotopic (exact) mass is 348 g/mol. The Bertz CT molecular complexity index is 1020. The lowest BCUT2D eigenvalue weighted by Crippen LogP contribution is -2.35. The third-order valence-electron chi connectivity index (χ3n) is 3.88. The highest BCUT2D eigenvalue weighted by atomic mass is 35.5. The number of benzene rings is 1. The molecule has 0 radical (unpaired) electrons. The van der Waals surface area contributed by atoms with Gasteiger partial charge in [0.2, 0.25) is 0 Å². The molecular formula is C15H13ClN4O2S. The summed E-state index contributed by atoms with van der Waals surface area (Å²) in [6, 6.07) is 10.8. The van der Waals surface area contributed by atoms with Crippen LogP contribution in [-0.4, -0.2) is 24.9 Å². The highest BCUT2D eigenvalue weighted by molar-refractivity contribution is 7.94. The molecule has 0 N–H and O–H groups in total. The lowest BCUT2D eigenvalue weighted by Gasteiger charge is -2.17. The average molecular weight is 349 g/mol. The van der Waals surface area contributed by atoms with Crippen LogP contribution in [-0.2, 0) is 16.8 Å². The number of rotatable bonds is 2. The maximum atomic E-state index is 12.6. The Morgan fingerprint density at radius 3 is 2.61 bits per heavy atom. The Balaban J connectivity index is 1.77. The SMILES string of the molecule is CN1c2ccccc2N(Cc2cn3cc(Cl)ccc3n2)S1(=O)=O. The first-order valence-electron chi connectivity index (χ1n) is 6.95. The minimum absolute atomic E-state index is 0.170. The first kappa shape index (κ1) is 14.3. The number of hydrogen-bond acceptors (Lipinski definition) is 3. The van der Waals surface area contributed by atoms with E-state index in [1.54, 1.807) is 48.1 Å². The molecule has 0 aliphatic carbocycles. The first-order chi connectivity index (χ1) is 11.0. The normalized spacial score (nSPS) is 16.1. The van der Waals surface area contributed by atoms with Gasteiger partial charge in [-0.25, -0.2) is 9.29 Å². The molecule has 0 fully saturated rings. The Kier molecular flexibility index (Phi) is 3.04. The van der Waals surface area contributed by atoms with E-state index in [0.717, 1.165) is 5.65 Å². The zero-order chi connectivity index (χ0) is 16.2. The second-order valence-corrected chi connectivity index (χ2v) is 7.64. The van der Waals surface area contributed by atoms with E-state index in [1.807, 2.05) is 12.1 Å². The van der Waals surface area contributed by atoms with Crippen LogP contribution in [0.5, 0.6) is 0 Å². The van der Waals surface area contributed by atoms with Gasteiger partial charge in [-0.1, -0.05) is 23.7 Å². The standard InChI is InChI=1S/C15H13ClN4O2S/c1-18-13-4-2-3-5-14(13)20(23(18,21)22)10-12-9-19-8-11(16)6-7-15(19)17-12/h2-9H,10H2,1H3. The van der Waals surface area contributed by atoms with Crippen LogP contribution < -0.4 is 8.61 Å². The third kappa shape index (κ3) is 2.15. The molecule has 4 rings (SSSR count). The maximum Gasteiger partial charge on any atom is 0.326 e. The minimum atomic E-state index is -3.58. The van der Waals surface area contributed by atoms with Gasteiger partial charge in [0.25, 0.3) is 0 Å². The average Bonchev–Trinajstić information content (AvgIpc) is 3.00. The molecule has 1 aliphatic heterocycles. The zero-order valence-corrected chi connectivity index (χ0v) is 13.8. The van der Waals surface area contributed by atoms with E-state index in [2.05, 4.69) is 4.98 Å². The van der Waals surface area contributed by atoms with Gasteiger partial charge in [-0.2, -0.15) is 8.42 Å². The topological polar surface area (TPSA) is 57.9 Å². The lowest BCUT2D eigenvalue weighted by molar-refractivity contribution is 0.591. The van der Waals surface area contributed by atoms with E-state index < -0.39 is 10.2 Å². The van der Waals surface area contributed by atoms with Gasteiger partial charge in [0.1, 0.15) is 5.65 Å². The molecule has 118 valence electrons. The molecule has 6 nitrogen and oxygen atoms in total. The third-order valence-corrected chi connectivity index (χ3v) is 5.88. The number of imidazole rings is 1. The fourth-order valence-electron chi connectivity index (χ4n) is 2.75. The van der Waals surface area contributed by atoms with E-state index in [9.17, 15) is 8.42 Å². The molecule has 8 heteroatoms. The molecule has 0 saturated heterocycles. The van der Waals surface area contributed by atoms with Crippen LogP contribution >= 0.6 is 11.6 Å². The first-order valence-corrected chi connectivity index (χ1v) is 8.73. The molecule has 0 unspecified atom stereocenters. The van der Waals surface area contributed by atoms with E-state index in [4.69, 9.17) is 11.6 Å². The van der Waals surface area contributed by atoms with Crippen molar-refractivity contribution < 1.29 is 8.42 Å². The van der Waals surface area contributed by atoms with Crippen molar-refractivity contribution in [1.29, 1.82) is 0 Å². The van der Waals surface area contributed by atoms with Crippen molar-refractivity contribution in [3.63, 3.8) is 0 Å². The molecule has 3 aromatic rings. The predicted molar refractivity (Wildman–Crippen MR) is 90.1 cm³/mol. The number of hydrogen-bond donors (Lipinski definition) is 0. The highest BCUT2D eigenvalue weighted by Gasteiger charge is 2.37. The number of aromatic nitrogens is 2. The molecule has 23 heavy (non-hydrogen) atoms. The lowest BCUT2D eigenvalue weighted by atomic mass is 10.2. The van der Waals surface area contributed by atoms with Crippen molar-refractivity contribution in [2.45, 2.75) is 6.54 Å². The molecular weight excluding hydrogens is 336 g/mol. The summed E-state index contributed by atoms with van der Waals surface area (Å²) in [5.41, 5.74) is 2.70. The second kappa shape index (κ2) is 4.87. The van der Waals surface area contributed by atoms with Crippen LogP contribution in [0.4, 0.5) is 11.4 Å². The largest absolute Gasteiger partial charge is 0.326 e. The maximum absolute atomic E-state index is 12.6. The van der Waals surface area contributed by atoms with E-state index >= 15 is 0 Å². The number of fused-ring (bicyclic) bond motifs is 2. The molecule has 0 saturated carbocycles. The van der Waals surface area contributed by atoms with Crippen LogP contribution in [0.3, 0.4) is 0 Å². The summed E-state index contributed by atoms with van der Waals surface area (Å²) in [4.78, 5) is 4.46. The van der Waals surface area contributed by atoms with Gasteiger partial charge in [-0.05, 0) is 24.3 Å². The van der Waals surface area contributed by atoms with Crippen molar-refractivity contribution in [1.82, 2.24) is 9.38 Å². The van der Waals surface area contributed by atoms with Crippen LogP contribution in [0.2, 0.25) is 5.02 Å². The van der Waals surface area contributed by atoms with Crippen LogP contribution in [0.1, 0.15) is 5.69 Å². The number of para-hydroxylation sites is 2. The molecule has 0 atom stereocenters. The molecule has 1 aromatic carbocycles. The summed E-state index contributed by atoms with van der Waals surface area (Å²) >= 11 is 5.97. The number of pyridine rings is 1. The molecule has 0 spiro atoms. The smallest absolute Gasteiger partial charge is 0.305 e. The minimum Gasteiger partial charge on any atom is -0.305 e. The van der Waals surface area contributed by atoms with Gasteiger partial charge in [0.05, 0.1) is 28.6 Å². The fourth-order valence-corrected chi connectivity index (χ4v) is 4.31. The van der Waals surface area contributed by atoms with Crippen molar-refractivity contribution in [2.75, 3.05) is 15.7 Å². The molecule has 2 aromatic heterocycles. The molecule has 1 aliphatic rings. The van der Waals surface area contributed by atoms with Crippen molar-refractivity contribution in [3.05, 3.63) is 59.5 Å². The van der Waals surface area contributed by atoms with Gasteiger partial charge in [0, 0.05) is 19.4 Å². The van der Waals surface area contributed by atoms with Crippen LogP contribution in [0.15, 0.2) is 48.8 Å². The Labute approximate surface area is 138 Å². The molecule has 3 heterocycles. The molecule has 0 amide bonds. The van der Waals surface area contributed by atoms with Gasteiger partial charge in [0.15, 0.2) is 0 Å². The summed E-state index contributed by atoms with van der Waals surface area (Å²) in [6.45, 7) is 0.170. The van der Waals surface area contributed by atoms with Crippen molar-refractivity contribution >= 4 is 38.8 Å². The number of nitrogens with zero attached hydrogens (tertiary/aromatic N) is 4. The second-order valence-electron chi connectivity index (χ2n) is 5.32. The summed E-state index contributed by atoms with van der Waals surface area (Å²) < 4.78 is 29.7. The van der Waals surface area contributed by atoms with Gasteiger partial charge in [-0.3, -0.25) is 4.31 Å². The molecule has 0 bridgehead atoms. The van der Waals surface area contributed by atoms with Crippen LogP contribution in [0.25, 0.3) is 5.65 Å². The van der Waals surface area contributed by atoms with Gasteiger partial charge >= 0.3 is 10.2 Å². The van der Waals surface area contributed by atoms with E-state index in [0.29, 0.717) is 22.1 Å². The summed E-state index contributed by atoms with van der Waals surface area (Å²) in [5, 5.41) is 0.598. The number of halogens is 1. The fraction of sp³-hybridized carbons (Fsp3) is 0.133. The van der Waals surface area contributed by atoms with Gasteiger partial charge in [-0.15, -0.1) is 0 Å². The zero-order valence-electron chi connectivity index (χ0n) is 12.2. The van der Waals surface area contributed by atoms with Crippen molar-refractivity contribution in [3.8, 4) is 0 Å². The number of anilines is 2. The Hall–Kier alpha value is -2.25. The highest BCUT2D eigenvalue weighted by Crippen LogP contribution is 2.40. The Morgan fingerprint density at radius 1 is 1.09 bits per heavy atom.